The van der Waals surface area contributed by atoms with Crippen LogP contribution in [-0.2, 0) is 4.79 Å². The van der Waals surface area contributed by atoms with Crippen LogP contribution in [0, 0.1) is 0 Å². The first kappa shape index (κ1) is 19.6. The normalized spacial score (nSPS) is 10.5. The molecule has 0 amide bonds. The number of H-pyrrole nitrogens is 2. The van der Waals surface area contributed by atoms with Gasteiger partial charge in [0.05, 0.1) is 33.6 Å². The number of quaternary nitrogens is 1. The molecule has 1 heterocycles. The lowest BCUT2D eigenvalue weighted by Gasteiger charge is -2.27. The van der Waals surface area contributed by atoms with Gasteiger partial charge in [-0.2, -0.15) is 0 Å². The van der Waals surface area contributed by atoms with Crippen molar-refractivity contribution >= 4 is 11.9 Å². The first-order chi connectivity index (χ1) is 10.1. The Morgan fingerprint density at radius 1 is 1.18 bits per heavy atom. The number of carboxylic acids is 2. The molecule has 0 bridgehead atoms. The number of carbonyl (C=O) groups is 2. The highest BCUT2D eigenvalue weighted by molar-refractivity contribution is 5.84. The smallest absolute Gasteiger partial charge is 0.352 e. The number of nitrogens with one attached hydrogen (secondary N) is 2. The maximum absolute atomic E-state index is 10.5. The molecular weight excluding hydrogens is 294 g/mol. The molecule has 0 saturated heterocycles. The van der Waals surface area contributed by atoms with Crippen LogP contribution >= 0.6 is 0 Å². The van der Waals surface area contributed by atoms with Crippen LogP contribution in [0.2, 0.25) is 0 Å². The molecule has 0 aliphatic heterocycles. The molecule has 1 rings (SSSR count). The molecule has 0 aromatic carbocycles. The van der Waals surface area contributed by atoms with Gasteiger partial charge in [-0.3, -0.25) is 14.6 Å². The van der Waals surface area contributed by atoms with Crippen LogP contribution in [0.15, 0.2) is 15.7 Å². The number of carboxylic acid groups (broad SMARTS) is 2. The number of aromatic nitrogens is 2. The Bertz CT molecular complexity index is 588. The van der Waals surface area contributed by atoms with E-state index in [0.29, 0.717) is 6.42 Å². The van der Waals surface area contributed by atoms with Crippen LogP contribution in [0.1, 0.15) is 30.3 Å². The fraction of sp³-hybridized carbons (Fsp3) is 0.538. The van der Waals surface area contributed by atoms with Crippen LogP contribution in [0.3, 0.4) is 0 Å². The molecule has 124 valence electrons. The molecule has 0 aliphatic rings. The van der Waals surface area contributed by atoms with Crippen LogP contribution in [0.5, 0.6) is 0 Å². The molecule has 1 aromatic rings. The zero-order valence-electron chi connectivity index (χ0n) is 12.9. The number of hydrogen-bond acceptors (Lipinski definition) is 4. The van der Waals surface area contributed by atoms with Crippen molar-refractivity contribution in [3.05, 3.63) is 32.6 Å². The molecule has 1 aromatic heterocycles. The Kier molecular flexibility index (Phi) is 7.81. The number of hydrogen-bond donors (Lipinski definition) is 4. The summed E-state index contributed by atoms with van der Waals surface area (Å²) in [4.78, 5) is 45.0. The van der Waals surface area contributed by atoms with E-state index in [-0.39, 0.29) is 0 Å². The van der Waals surface area contributed by atoms with Gasteiger partial charge in [-0.25, -0.2) is 9.59 Å². The van der Waals surface area contributed by atoms with E-state index in [4.69, 9.17) is 10.2 Å². The lowest BCUT2D eigenvalue weighted by Crippen LogP contribution is -2.40. The monoisotopic (exact) mass is 316 g/mol. The molecule has 9 heteroatoms. The van der Waals surface area contributed by atoms with E-state index in [1.54, 1.807) is 0 Å². The van der Waals surface area contributed by atoms with E-state index in [0.717, 1.165) is 30.1 Å². The van der Waals surface area contributed by atoms with Crippen molar-refractivity contribution in [1.29, 1.82) is 0 Å². The first-order valence-electron chi connectivity index (χ1n) is 6.68. The minimum Gasteiger partial charge on any atom is -0.481 e. The first-order valence-corrected chi connectivity index (χ1v) is 6.68. The van der Waals surface area contributed by atoms with E-state index in [9.17, 15) is 19.2 Å². The molecule has 0 atom stereocenters. The topological polar surface area (TPSA) is 140 Å². The molecule has 0 saturated carbocycles. The third kappa shape index (κ3) is 8.69. The van der Waals surface area contributed by atoms with Crippen molar-refractivity contribution in [3.63, 3.8) is 0 Å². The van der Waals surface area contributed by atoms with E-state index < -0.39 is 28.9 Å². The summed E-state index contributed by atoms with van der Waals surface area (Å²) < 4.78 is 0.910. The summed E-state index contributed by atoms with van der Waals surface area (Å²) in [6.07, 6.45) is 1.07. The van der Waals surface area contributed by atoms with Crippen molar-refractivity contribution in [2.24, 2.45) is 0 Å². The average molecular weight is 316 g/mol. The van der Waals surface area contributed by atoms with Crippen molar-refractivity contribution in [1.82, 2.24) is 9.97 Å². The predicted octanol–water partition coefficient (Wildman–Crippen LogP) is -0.291. The van der Waals surface area contributed by atoms with Gasteiger partial charge in [0.1, 0.15) is 5.69 Å². The molecule has 22 heavy (non-hydrogen) atoms. The van der Waals surface area contributed by atoms with E-state index in [2.05, 4.69) is 21.0 Å². The van der Waals surface area contributed by atoms with Gasteiger partial charge in [-0.1, -0.05) is 0 Å². The van der Waals surface area contributed by atoms with Gasteiger partial charge in [0.25, 0.3) is 5.56 Å². The lowest BCUT2D eigenvalue weighted by molar-refractivity contribution is -0.888. The minimum absolute atomic E-state index is 0.293. The highest BCUT2D eigenvalue weighted by atomic mass is 16.4. The summed E-state index contributed by atoms with van der Waals surface area (Å²) in [6.45, 7) is 4.11. The van der Waals surface area contributed by atoms with Crippen LogP contribution in [-0.4, -0.2) is 63.8 Å². The highest BCUT2D eigenvalue weighted by Crippen LogP contribution is 2.00. The third-order valence-corrected chi connectivity index (χ3v) is 3.00. The number of aliphatic carboxylic acids is 1. The molecule has 0 spiro atoms. The largest absolute Gasteiger partial charge is 0.481 e. The van der Waals surface area contributed by atoms with Gasteiger partial charge >= 0.3 is 17.6 Å². The number of rotatable bonds is 6. The summed E-state index contributed by atoms with van der Waals surface area (Å²) in [5.41, 5.74) is -1.97. The van der Waals surface area contributed by atoms with Gasteiger partial charge in [0.15, 0.2) is 0 Å². The van der Waals surface area contributed by atoms with Gasteiger partial charge in [-0.15, -0.1) is 0 Å². The molecular formula is C13H22N3O6+. The summed E-state index contributed by atoms with van der Waals surface area (Å²) >= 11 is 0. The van der Waals surface area contributed by atoms with Gasteiger partial charge in [0, 0.05) is 12.5 Å². The Hall–Kier alpha value is -2.42. The molecule has 4 N–H and O–H groups in total. The second-order valence-electron chi connectivity index (χ2n) is 5.28. The average Bonchev–Trinajstić information content (AvgIpc) is 2.37. The number of nitrogens with zero attached hydrogens (tertiary/aromatic N) is 1. The molecule has 0 unspecified atom stereocenters. The van der Waals surface area contributed by atoms with Crippen molar-refractivity contribution < 1.29 is 24.3 Å². The maximum atomic E-state index is 10.5. The minimum atomic E-state index is -1.34. The summed E-state index contributed by atoms with van der Waals surface area (Å²) in [5.74, 6) is -2.03. The zero-order valence-corrected chi connectivity index (χ0v) is 12.9. The molecule has 0 radical (unpaired) electrons. The standard InChI is InChI=1S/C8H17NO2.C5H4N2O4/c1-4-9(2,3)7-5-6-8(10)11;8-3-1-2(4(9)10)6-5(11)7-3/h4-7H2,1-3H3;1H,(H,9,10)(H2,6,7,8,11)/p+1. The number of aromatic amines is 2. The Morgan fingerprint density at radius 2 is 1.77 bits per heavy atom. The predicted molar refractivity (Wildman–Crippen MR) is 79.0 cm³/mol. The second kappa shape index (κ2) is 8.78. The Balaban J connectivity index is 0.000000401. The lowest BCUT2D eigenvalue weighted by atomic mass is 10.3. The maximum Gasteiger partial charge on any atom is 0.352 e. The van der Waals surface area contributed by atoms with E-state index in [1.165, 1.54) is 0 Å². The number of aromatic carboxylic acids is 1. The molecule has 0 aliphatic carbocycles. The van der Waals surface area contributed by atoms with Crippen LogP contribution in [0.25, 0.3) is 0 Å². The third-order valence-electron chi connectivity index (χ3n) is 3.00. The quantitative estimate of drug-likeness (QED) is 0.531. The highest BCUT2D eigenvalue weighted by Gasteiger charge is 2.11. The van der Waals surface area contributed by atoms with Crippen molar-refractivity contribution in [2.75, 3.05) is 27.2 Å². The Morgan fingerprint density at radius 3 is 2.18 bits per heavy atom. The van der Waals surface area contributed by atoms with Crippen molar-refractivity contribution in [2.45, 2.75) is 19.8 Å². The van der Waals surface area contributed by atoms with Gasteiger partial charge in [-0.05, 0) is 6.92 Å². The van der Waals surface area contributed by atoms with Crippen LogP contribution in [0.4, 0.5) is 0 Å². The summed E-state index contributed by atoms with van der Waals surface area (Å²) in [5, 5.41) is 16.7. The molecule has 0 fully saturated rings. The molecule has 9 nitrogen and oxygen atoms in total. The van der Waals surface area contributed by atoms with Crippen molar-refractivity contribution in [3.8, 4) is 0 Å². The van der Waals surface area contributed by atoms with E-state index in [1.807, 2.05) is 9.97 Å². The summed E-state index contributed by atoms with van der Waals surface area (Å²) in [6, 6.07) is 0.795. The van der Waals surface area contributed by atoms with Gasteiger partial charge < -0.3 is 19.7 Å². The fourth-order valence-corrected chi connectivity index (χ4v) is 1.40. The second-order valence-corrected chi connectivity index (χ2v) is 5.28. The van der Waals surface area contributed by atoms with Gasteiger partial charge in [0.2, 0.25) is 0 Å². The SMILES string of the molecule is CC[N+](C)(C)CCCC(=O)O.O=C(O)c1cc(=O)[nH]c(=O)[nH]1. The summed E-state index contributed by atoms with van der Waals surface area (Å²) in [7, 11) is 4.23. The Labute approximate surface area is 126 Å². The van der Waals surface area contributed by atoms with Crippen LogP contribution < -0.4 is 11.2 Å². The zero-order chi connectivity index (χ0) is 17.3. The fourth-order valence-electron chi connectivity index (χ4n) is 1.40. The van der Waals surface area contributed by atoms with E-state index >= 15 is 0 Å².